The maximum Gasteiger partial charge on any atom is 0.331 e. The van der Waals surface area contributed by atoms with Gasteiger partial charge in [0.15, 0.2) is 18.1 Å². The Balaban J connectivity index is 1.17. The number of phenolic OH excluding ortho intramolecular Hbond substituents is 3. The second kappa shape index (κ2) is 49.2. The standard InChI is InChI=1S/C84H117N23O22S2/c1-43(86)67-79(124)95-53(11-6-30-91-84(88)89)69(114)97-57(35-47-17-23-51(110)24-18-47)74(119)103-62-41-131-130-40-61(76(121)101-60(39-108)83(128)129-45(3)80(125)105-31-7-13-64(105)78(123)104-67)102-68(113)44(2)93-71(116)59(37-49-38-90-42-92-49)99-73(118)58(36-48-19-25-52(111)26-20-48)100-77(122)63-12-8-32-106(63)82(127)65-14-9-33-107(65)81(126)55(10-4-5-29-85)96-70(115)54(27-28-66(87)112)94-72(117)56(98-75(62)120)34-46-15-21-50(109)22-16-46/h15-26,38,42-45,53-65,67,108-111H,4-14,27-37,39-41,85-86H2,1-3H3,(H2,87,112)(H,90,92)(H,93,116)(H,94,117)(H,95,124)(H,96,115)(H,97,114)(H,98,120)(H,99,118)(H,100,122)(H,101,121)(H,102,113)(H,103,119)(H,104,123)(H4,88,89,91)/t43?,44-,45-,53-,54-,55-,56-,57-,58-,59-,60-,61-,62-,63-,64+,65+,67?/m0/s1. The number of nitrogens with zero attached hydrogens (tertiary/aromatic N) is 4. The number of amides is 16. The first-order valence-electron chi connectivity index (χ1n) is 43.2. The van der Waals surface area contributed by atoms with Crippen LogP contribution < -0.4 is 92.1 Å². The van der Waals surface area contributed by atoms with Crippen molar-refractivity contribution >= 4 is 128 Å². The quantitative estimate of drug-likeness (QED) is 0.0121. The van der Waals surface area contributed by atoms with Crippen LogP contribution in [0.1, 0.15) is 127 Å². The van der Waals surface area contributed by atoms with Crippen molar-refractivity contribution in [1.29, 1.82) is 5.41 Å². The number of H-pyrrole nitrogens is 1. The molecule has 131 heavy (non-hydrogen) atoms. The lowest BCUT2D eigenvalue weighted by atomic mass is 10.0. The normalized spacial score (nSPS) is 26.8. The summed E-state index contributed by atoms with van der Waals surface area (Å²) in [6.07, 6.45) is -0.757. The summed E-state index contributed by atoms with van der Waals surface area (Å²) < 4.78 is 5.55. The fourth-order valence-electron chi connectivity index (χ4n) is 15.6. The van der Waals surface area contributed by atoms with Gasteiger partial charge in [0, 0.05) is 87.7 Å². The Morgan fingerprint density at radius 2 is 0.901 bits per heavy atom. The van der Waals surface area contributed by atoms with Crippen LogP contribution in [0.25, 0.3) is 0 Å². The summed E-state index contributed by atoms with van der Waals surface area (Å²) in [5, 5.41) is 83.7. The molecule has 2 unspecified atom stereocenters. The maximum absolute atomic E-state index is 15.7. The predicted molar refractivity (Wildman–Crippen MR) is 472 cm³/mol. The van der Waals surface area contributed by atoms with Gasteiger partial charge < -0.3 is 137 Å². The first-order chi connectivity index (χ1) is 62.5. The first-order valence-corrected chi connectivity index (χ1v) is 45.7. The maximum atomic E-state index is 15.7. The van der Waals surface area contributed by atoms with Crippen LogP contribution in [-0.4, -0.2) is 305 Å². The summed E-state index contributed by atoms with van der Waals surface area (Å²) in [7, 11) is 1.43. The molecule has 0 radical (unpaired) electrons. The van der Waals surface area contributed by atoms with E-state index in [0.717, 1.165) is 11.8 Å². The van der Waals surface area contributed by atoms with Crippen molar-refractivity contribution < 1.29 is 107 Å². The minimum Gasteiger partial charge on any atom is -0.508 e. The number of aromatic hydroxyl groups is 3. The zero-order valence-corrected chi connectivity index (χ0v) is 74.3. The fourth-order valence-corrected chi connectivity index (χ4v) is 17.9. The van der Waals surface area contributed by atoms with Crippen LogP contribution in [0.2, 0.25) is 0 Å². The summed E-state index contributed by atoms with van der Waals surface area (Å²) in [6, 6.07) is -9.70. The number of aliphatic hydroxyl groups is 1. The number of aromatic nitrogens is 2. The van der Waals surface area contributed by atoms with Crippen LogP contribution in [0.4, 0.5) is 0 Å². The van der Waals surface area contributed by atoms with Crippen LogP contribution in [0, 0.1) is 5.41 Å². The topological polar surface area (TPSA) is 703 Å². The SMILES string of the molecule is CC(N)C1NC(=O)[C@H]2CCCN2C(=O)[C@H](C)OC(=O)[C@H](CO)NC(=O)[C@@H]2CSSC[C@H](NC(=O)[C@H](Cc3ccc(O)cc3)NC(=O)[C@H](CCCNC(=N)N)NC1=O)C(=O)N[C@@H](Cc1ccc(O)cc1)C(=O)N[C@@H](CCC(N)=O)C(=O)N[C@@H](CCCCN)C(=O)N1CCC[C@@H]1C(=O)N1CCC[C@H]1C(=O)N[C@@H](Cc1ccc(O)cc1)C(=O)N[C@@H](Cc1cnc[nH]1)C(=O)N[C@@H](C)C(=O)N2. The number of aromatic amines is 1. The molecular weight excluding hydrogens is 1750 g/mol. The Hall–Kier alpha value is -12.9. The molecule has 712 valence electrons. The third-order valence-electron chi connectivity index (χ3n) is 22.7. The third kappa shape index (κ3) is 29.8. The molecule has 16 amide bonds. The lowest BCUT2D eigenvalue weighted by molar-refractivity contribution is -0.163. The predicted octanol–water partition coefficient (Wildman–Crippen LogP) is -6.05. The number of nitrogens with two attached hydrogens (primary N) is 4. The number of nitrogens with one attached hydrogen (secondary N) is 15. The molecule has 3 aromatic carbocycles. The summed E-state index contributed by atoms with van der Waals surface area (Å²) in [4.78, 5) is 263. The molecule has 9 rings (SSSR count). The molecule has 5 saturated heterocycles. The average Bonchev–Trinajstić information content (AvgIpc) is 1.66. The molecule has 45 nitrogen and oxygen atoms in total. The number of primary amides is 1. The minimum absolute atomic E-state index is 0.00263. The van der Waals surface area contributed by atoms with Crippen molar-refractivity contribution in [1.82, 2.24) is 93.8 Å². The summed E-state index contributed by atoms with van der Waals surface area (Å²) >= 11 is 0. The lowest BCUT2D eigenvalue weighted by Gasteiger charge is -2.34. The molecule has 0 saturated carbocycles. The minimum atomic E-state index is -2.04. The third-order valence-corrected chi connectivity index (χ3v) is 25.2. The van der Waals surface area contributed by atoms with E-state index < -0.39 is 253 Å². The molecule has 27 N–H and O–H groups in total. The largest absolute Gasteiger partial charge is 0.508 e. The number of rotatable bonds is 21. The Labute approximate surface area is 761 Å². The first kappa shape index (κ1) is 102. The van der Waals surface area contributed by atoms with Crippen molar-refractivity contribution in [3.05, 3.63) is 108 Å². The van der Waals surface area contributed by atoms with Gasteiger partial charge in [-0.2, -0.15) is 0 Å². The number of guanidine groups is 1. The highest BCUT2D eigenvalue weighted by Crippen LogP contribution is 2.29. The number of fused-ring (bicyclic) bond motifs is 8. The van der Waals surface area contributed by atoms with E-state index in [-0.39, 0.29) is 144 Å². The molecule has 5 aliphatic rings. The van der Waals surface area contributed by atoms with Gasteiger partial charge in [0.05, 0.1) is 12.9 Å². The van der Waals surface area contributed by atoms with Gasteiger partial charge in [0.25, 0.3) is 5.91 Å². The van der Waals surface area contributed by atoms with Crippen molar-refractivity contribution in [2.75, 3.05) is 50.8 Å². The molecule has 2 bridgehead atoms. The highest BCUT2D eigenvalue weighted by molar-refractivity contribution is 8.76. The number of esters is 1. The number of hydrogen-bond acceptors (Lipinski definition) is 28. The summed E-state index contributed by atoms with van der Waals surface area (Å²) in [6.45, 7) is 2.46. The number of benzene rings is 3. The van der Waals surface area contributed by atoms with E-state index in [0.29, 0.717) is 33.6 Å². The van der Waals surface area contributed by atoms with Gasteiger partial charge in [0.1, 0.15) is 102 Å². The van der Waals surface area contributed by atoms with E-state index in [1.54, 1.807) is 0 Å². The fraction of sp³-hybridized carbons (Fsp3) is 0.536. The molecule has 4 aromatic rings. The van der Waals surface area contributed by atoms with Crippen molar-refractivity contribution in [3.8, 4) is 17.2 Å². The van der Waals surface area contributed by atoms with Crippen LogP contribution in [0.5, 0.6) is 17.2 Å². The van der Waals surface area contributed by atoms with E-state index in [4.69, 9.17) is 33.1 Å². The second-order valence-corrected chi connectivity index (χ2v) is 35.3. The van der Waals surface area contributed by atoms with Crippen LogP contribution >= 0.6 is 21.6 Å². The Morgan fingerprint density at radius 1 is 0.489 bits per heavy atom. The molecule has 0 spiro atoms. The second-order valence-electron chi connectivity index (χ2n) is 32.8. The van der Waals surface area contributed by atoms with E-state index in [1.807, 2.05) is 0 Å². The van der Waals surface area contributed by atoms with Gasteiger partial charge in [-0.25, -0.2) is 9.78 Å². The summed E-state index contributed by atoms with van der Waals surface area (Å²) in [5.41, 5.74) is 24.8. The Kier molecular flexibility index (Phi) is 38.3. The molecule has 6 heterocycles. The van der Waals surface area contributed by atoms with Crippen LogP contribution in [0.15, 0.2) is 85.3 Å². The van der Waals surface area contributed by atoms with Gasteiger partial charge in [-0.15, -0.1) is 0 Å². The van der Waals surface area contributed by atoms with E-state index in [9.17, 15) is 63.6 Å². The van der Waals surface area contributed by atoms with Gasteiger partial charge in [-0.1, -0.05) is 58.0 Å². The molecule has 5 aliphatic heterocycles. The molecule has 17 atom stereocenters. The molecule has 0 aliphatic carbocycles. The Bertz CT molecular complexity index is 4730. The molecule has 5 fully saturated rings. The number of aliphatic hydroxyl groups excluding tert-OH is 1. The number of imidazole rings is 1. The lowest BCUT2D eigenvalue weighted by Crippen LogP contribution is -2.62. The highest BCUT2D eigenvalue weighted by Gasteiger charge is 2.47. The zero-order valence-electron chi connectivity index (χ0n) is 72.6. The van der Waals surface area contributed by atoms with Gasteiger partial charge in [-0.3, -0.25) is 82.1 Å². The molecule has 47 heteroatoms. The Morgan fingerprint density at radius 3 is 1.39 bits per heavy atom. The number of ether oxygens (including phenoxy) is 1. The molecular formula is C84H117N23O22S2. The van der Waals surface area contributed by atoms with E-state index in [2.05, 4.69) is 79.1 Å². The highest BCUT2D eigenvalue weighted by atomic mass is 33.1. The number of hydrogen-bond donors (Lipinski definition) is 23. The van der Waals surface area contributed by atoms with Gasteiger partial charge in [0.2, 0.25) is 88.6 Å². The average molecular weight is 1870 g/mol. The zero-order chi connectivity index (χ0) is 95.3. The van der Waals surface area contributed by atoms with Crippen LogP contribution in [-0.2, 0) is 112 Å². The number of carbonyl (C=O) groups excluding carboxylic acids is 17. The van der Waals surface area contributed by atoms with E-state index in [1.165, 1.54) is 109 Å². The number of unbranched alkanes of at least 4 members (excludes halogenated alkanes) is 1. The number of phenols is 3. The van der Waals surface area contributed by atoms with E-state index >= 15 is 38.4 Å². The van der Waals surface area contributed by atoms with Gasteiger partial charge >= 0.3 is 5.97 Å². The van der Waals surface area contributed by atoms with Gasteiger partial charge in [-0.05, 0) is 157 Å². The number of cyclic esters (lactones) is 1. The monoisotopic (exact) mass is 1860 g/mol. The smallest absolute Gasteiger partial charge is 0.331 e. The van der Waals surface area contributed by atoms with Crippen molar-refractivity contribution in [3.63, 3.8) is 0 Å². The van der Waals surface area contributed by atoms with Crippen molar-refractivity contribution in [2.24, 2.45) is 22.9 Å². The van der Waals surface area contributed by atoms with Crippen LogP contribution in [0.3, 0.4) is 0 Å². The molecule has 1 aromatic heterocycles. The summed E-state index contributed by atoms with van der Waals surface area (Å²) in [5.74, 6) is -19.8. The number of carbonyl (C=O) groups is 17. The van der Waals surface area contributed by atoms with Crippen molar-refractivity contribution in [2.45, 2.75) is 233 Å².